The van der Waals surface area contributed by atoms with Crippen LogP contribution in [0.1, 0.15) is 0 Å². The molecule has 0 fully saturated rings. The van der Waals surface area contributed by atoms with Crippen LogP contribution in [0, 0.1) is 18.2 Å². The number of rotatable bonds is 13. The summed E-state index contributed by atoms with van der Waals surface area (Å²) in [4.78, 5) is 14.3. The molecule has 0 saturated carbocycles. The van der Waals surface area contributed by atoms with E-state index < -0.39 is 0 Å². The van der Waals surface area contributed by atoms with E-state index in [1.54, 1.807) is 0 Å². The minimum absolute atomic E-state index is 0. The first-order valence-corrected chi connectivity index (χ1v) is 27.5. The van der Waals surface area contributed by atoms with Gasteiger partial charge in [0.05, 0.1) is 11.6 Å². The minimum atomic E-state index is 0. The van der Waals surface area contributed by atoms with Gasteiger partial charge in [0.25, 0.3) is 0 Å². The molecule has 6 heteroatoms. The van der Waals surface area contributed by atoms with Gasteiger partial charge in [0.2, 0.25) is 0 Å². The monoisotopic (exact) mass is 1240 g/mol. The van der Waals surface area contributed by atoms with E-state index in [1.165, 1.54) is 5.56 Å². The van der Waals surface area contributed by atoms with Crippen LogP contribution in [-0.4, -0.2) is 24.1 Å². The fourth-order valence-corrected chi connectivity index (χ4v) is 11.2. The number of hydrogen-bond donors (Lipinski definition) is 0. The summed E-state index contributed by atoms with van der Waals surface area (Å²) in [5.74, 6) is 1.67. The van der Waals surface area contributed by atoms with Crippen LogP contribution in [0.25, 0.3) is 134 Å². The Hall–Kier alpha value is -10.4. The predicted molar refractivity (Wildman–Crippen MR) is 335 cm³/mol. The number of pyridine rings is 1. The van der Waals surface area contributed by atoms with E-state index in [2.05, 4.69) is 246 Å². The summed E-state index contributed by atoms with van der Waals surface area (Å²) in [6.07, 6.45) is 9.52. The maximum absolute atomic E-state index is 4.77. The Morgan fingerprint density at radius 1 is 0.253 bits per heavy atom. The van der Waals surface area contributed by atoms with Crippen molar-refractivity contribution in [3.63, 3.8) is 0 Å². The van der Waals surface area contributed by atoms with Crippen LogP contribution in [0.5, 0.6) is 0 Å². The second-order valence-corrected chi connectivity index (χ2v) is 20.2. The summed E-state index contributed by atoms with van der Waals surface area (Å²) in [5.41, 5.74) is 23.3. The largest absolute Gasteiger partial charge is 3.00 e. The van der Waals surface area contributed by atoms with Gasteiger partial charge in [-0.15, -0.1) is 83.4 Å². The topological polar surface area (TPSA) is 48.5 Å². The molecule has 83 heavy (non-hydrogen) atoms. The molecule has 0 N–H and O–H groups in total. The average Bonchev–Trinajstić information content (AvgIpc) is 4.33. The van der Waals surface area contributed by atoms with Crippen LogP contribution in [0.3, 0.4) is 0 Å². The summed E-state index contributed by atoms with van der Waals surface area (Å²) in [7, 11) is 0. The van der Waals surface area contributed by atoms with Gasteiger partial charge in [-0.25, -0.2) is 0 Å². The Kier molecular flexibility index (Phi) is 14.7. The third-order valence-corrected chi connectivity index (χ3v) is 15.2. The first kappa shape index (κ1) is 52.0. The Balaban J connectivity index is 0.00000645. The first-order valence-electron chi connectivity index (χ1n) is 27.5. The molecule has 392 valence electrons. The van der Waals surface area contributed by atoms with Crippen molar-refractivity contribution in [1.29, 1.82) is 0 Å². The molecule has 3 aromatic heterocycles. The van der Waals surface area contributed by atoms with E-state index in [4.69, 9.17) is 15.0 Å². The van der Waals surface area contributed by atoms with Gasteiger partial charge in [0.1, 0.15) is 0 Å². The zero-order chi connectivity index (χ0) is 54.6. The second kappa shape index (κ2) is 23.4. The van der Waals surface area contributed by atoms with Gasteiger partial charge in [-0.2, -0.15) is 0 Å². The number of benzene rings is 11. The summed E-state index contributed by atoms with van der Waals surface area (Å²) < 4.78 is 4.21. The Bertz CT molecular complexity index is 4330. The smallest absolute Gasteiger partial charge is 0.340 e. The first-order chi connectivity index (χ1) is 40.7. The van der Waals surface area contributed by atoms with Gasteiger partial charge in [-0.05, 0) is 104 Å². The molecular weight excluding hydrogens is 1190 g/mol. The average molecular weight is 1240 g/mol. The molecule has 0 saturated heterocycles. The molecule has 0 atom stereocenters. The van der Waals surface area contributed by atoms with E-state index in [0.29, 0.717) is 0 Å². The summed E-state index contributed by atoms with van der Waals surface area (Å²) >= 11 is 0. The van der Waals surface area contributed by atoms with E-state index in [0.717, 1.165) is 129 Å². The third kappa shape index (κ3) is 10.5. The van der Waals surface area contributed by atoms with Crippen LogP contribution in [0.4, 0.5) is 0 Å². The van der Waals surface area contributed by atoms with Crippen molar-refractivity contribution in [2.75, 3.05) is 0 Å². The van der Waals surface area contributed by atoms with Crippen molar-refractivity contribution < 1.29 is 20.1 Å². The number of aromatic nitrogens is 5. The van der Waals surface area contributed by atoms with Crippen molar-refractivity contribution in [3.05, 3.63) is 322 Å². The van der Waals surface area contributed by atoms with E-state index >= 15 is 0 Å². The number of para-hydroxylation sites is 2. The SMILES string of the molecule is [Ir+3].[c-]1cc(-c2ccccc2-c2cc(-c3ccccc3-c3c[c-]c(-c4nccn4-c4ccccc4)cc3)cc(-c3ccccc3-c3c[c-]c(-c4nccn4-c4ccccc4)cc3)c2)c(-c2ccc(-c3ccccc3)cc2)cc1-c1ccccn1. The zero-order valence-electron chi connectivity index (χ0n) is 44.9. The molecule has 0 unspecified atom stereocenters. The normalized spacial score (nSPS) is 11.0. The molecule has 14 aromatic rings. The van der Waals surface area contributed by atoms with Gasteiger partial charge in [-0.3, -0.25) is 9.97 Å². The van der Waals surface area contributed by atoms with Gasteiger partial charge < -0.3 is 14.1 Å². The predicted octanol–water partition coefficient (Wildman–Crippen LogP) is 19.2. The summed E-state index contributed by atoms with van der Waals surface area (Å²) in [5, 5.41) is 0. The maximum atomic E-state index is 4.77. The molecular formula is C77H50IrN5. The second-order valence-electron chi connectivity index (χ2n) is 20.2. The van der Waals surface area contributed by atoms with E-state index in [-0.39, 0.29) is 20.1 Å². The molecule has 11 aromatic carbocycles. The van der Waals surface area contributed by atoms with Crippen LogP contribution < -0.4 is 0 Å². The molecule has 0 radical (unpaired) electrons. The van der Waals surface area contributed by atoms with Crippen molar-refractivity contribution in [2.45, 2.75) is 0 Å². The fourth-order valence-electron chi connectivity index (χ4n) is 11.2. The number of imidazole rings is 2. The minimum Gasteiger partial charge on any atom is -0.340 e. The Labute approximate surface area is 497 Å². The molecule has 0 aliphatic heterocycles. The summed E-state index contributed by atoms with van der Waals surface area (Å²) in [6.45, 7) is 0. The molecule has 0 bridgehead atoms. The Morgan fingerprint density at radius 3 is 1.12 bits per heavy atom. The molecule has 0 amide bonds. The molecule has 14 rings (SSSR count). The van der Waals surface area contributed by atoms with Crippen LogP contribution in [-0.2, 0) is 20.1 Å². The van der Waals surface area contributed by atoms with Crippen molar-refractivity contribution in [3.8, 4) is 134 Å². The van der Waals surface area contributed by atoms with Gasteiger partial charge in [-0.1, -0.05) is 215 Å². The van der Waals surface area contributed by atoms with Gasteiger partial charge in [0.15, 0.2) is 0 Å². The van der Waals surface area contributed by atoms with Gasteiger partial charge in [0, 0.05) is 42.4 Å². The molecule has 0 aliphatic rings. The quantitative estimate of drug-likeness (QED) is 0.108. The summed E-state index contributed by atoms with van der Waals surface area (Å²) in [6, 6.07) is 108. The number of nitrogens with zero attached hydrogens (tertiary/aromatic N) is 5. The van der Waals surface area contributed by atoms with Crippen LogP contribution in [0.2, 0.25) is 0 Å². The van der Waals surface area contributed by atoms with Crippen LogP contribution in [0.15, 0.2) is 304 Å². The molecule has 0 spiro atoms. The Morgan fingerprint density at radius 2 is 0.651 bits per heavy atom. The standard InChI is InChI=1S/C77H50N5.Ir/c1-4-18-54(19-5-1)55-31-33-58(34-32-55)74-53-61(75-30-16-17-45-78-75)43-44-73(74)72-29-15-14-28-71(72)64-51-62(69-26-12-10-24-67(69)56-35-39-59(40-36-56)76-79-46-48-81(76)65-20-6-2-7-21-65)50-63(52-64)70-27-13-11-25-68(70)57-37-41-60(42-38-57)77-80-47-49-82(77)66-22-8-3-9-23-66;/h1-39,41,44-53H;/q-3;+3. The van der Waals surface area contributed by atoms with E-state index in [9.17, 15) is 0 Å². The molecule has 5 nitrogen and oxygen atoms in total. The molecule has 0 aliphatic carbocycles. The zero-order valence-corrected chi connectivity index (χ0v) is 47.3. The molecule has 3 heterocycles. The van der Waals surface area contributed by atoms with Crippen molar-refractivity contribution in [2.24, 2.45) is 0 Å². The fraction of sp³-hybridized carbons (Fsp3) is 0. The van der Waals surface area contributed by atoms with Crippen LogP contribution >= 0.6 is 0 Å². The number of hydrogen-bond acceptors (Lipinski definition) is 3. The third-order valence-electron chi connectivity index (χ3n) is 15.2. The maximum Gasteiger partial charge on any atom is 3.00 e. The van der Waals surface area contributed by atoms with E-state index in [1.807, 2.05) is 85.6 Å². The van der Waals surface area contributed by atoms with Crippen molar-refractivity contribution >= 4 is 0 Å². The van der Waals surface area contributed by atoms with Crippen molar-refractivity contribution in [1.82, 2.24) is 24.1 Å². The van der Waals surface area contributed by atoms with Gasteiger partial charge >= 0.3 is 20.1 Å².